The molecule has 1 aromatic rings. The average Bonchev–Trinajstić information content (AvgIpc) is 2.47. The van der Waals surface area contributed by atoms with Crippen molar-refractivity contribution in [1.29, 1.82) is 0 Å². The largest absolute Gasteiger partial charge is 0.311 e. The molecule has 106 valence electrons. The number of nitrogens with one attached hydrogen (secondary N) is 1. The molecule has 0 saturated carbocycles. The smallest absolute Gasteiger partial charge is 0.0476 e. The fourth-order valence-electron chi connectivity index (χ4n) is 2.92. The first-order valence-corrected chi connectivity index (χ1v) is 8.68. The zero-order chi connectivity index (χ0) is 13.7. The van der Waals surface area contributed by atoms with Crippen LogP contribution in [0.3, 0.4) is 0 Å². The van der Waals surface area contributed by atoms with Gasteiger partial charge in [0.15, 0.2) is 0 Å². The van der Waals surface area contributed by atoms with Crippen molar-refractivity contribution < 1.29 is 0 Å². The maximum Gasteiger partial charge on any atom is 0.0476 e. The molecule has 19 heavy (non-hydrogen) atoms. The van der Waals surface area contributed by atoms with Crippen molar-refractivity contribution in [2.45, 2.75) is 38.4 Å². The Kier molecular flexibility index (Phi) is 5.74. The van der Waals surface area contributed by atoms with Crippen LogP contribution in [0.2, 0.25) is 0 Å². The van der Waals surface area contributed by atoms with E-state index in [1.54, 1.807) is 0 Å². The molecule has 0 aromatic heterocycles. The molecular formula is C16H26N2S. The summed E-state index contributed by atoms with van der Waals surface area (Å²) in [6.07, 6.45) is 3.41. The van der Waals surface area contributed by atoms with Crippen LogP contribution in [-0.2, 0) is 0 Å². The first-order valence-electron chi connectivity index (χ1n) is 7.29. The first-order chi connectivity index (χ1) is 9.26. The monoisotopic (exact) mass is 278 g/mol. The van der Waals surface area contributed by atoms with Gasteiger partial charge in [-0.25, -0.2) is 0 Å². The average molecular weight is 278 g/mol. The predicted octanol–water partition coefficient (Wildman–Crippen LogP) is 3.16. The van der Waals surface area contributed by atoms with Crippen LogP contribution in [-0.4, -0.2) is 42.1 Å². The summed E-state index contributed by atoms with van der Waals surface area (Å²) in [5.41, 5.74) is 1.44. The molecule has 0 radical (unpaired) electrons. The van der Waals surface area contributed by atoms with Crippen LogP contribution < -0.4 is 5.32 Å². The second-order valence-corrected chi connectivity index (χ2v) is 6.35. The van der Waals surface area contributed by atoms with Gasteiger partial charge in [0.1, 0.15) is 0 Å². The Bertz CT molecular complexity index is 368. The molecule has 2 rings (SSSR count). The third-order valence-corrected chi connectivity index (χ3v) is 4.90. The Hall–Kier alpha value is -0.510. The van der Waals surface area contributed by atoms with Crippen molar-refractivity contribution >= 4 is 11.8 Å². The van der Waals surface area contributed by atoms with Crippen LogP contribution in [0.15, 0.2) is 30.3 Å². The molecule has 3 unspecified atom stereocenters. The van der Waals surface area contributed by atoms with Crippen LogP contribution in [0.5, 0.6) is 0 Å². The number of hydrogen-bond donors (Lipinski definition) is 1. The van der Waals surface area contributed by atoms with E-state index in [0.29, 0.717) is 18.1 Å². The van der Waals surface area contributed by atoms with Gasteiger partial charge in [-0.3, -0.25) is 4.90 Å². The van der Waals surface area contributed by atoms with E-state index in [0.717, 1.165) is 13.1 Å². The quantitative estimate of drug-likeness (QED) is 0.890. The normalized spacial score (nSPS) is 26.3. The second-order valence-electron chi connectivity index (χ2n) is 5.44. The Morgan fingerprint density at radius 1 is 1.37 bits per heavy atom. The molecule has 0 aliphatic carbocycles. The van der Waals surface area contributed by atoms with Gasteiger partial charge < -0.3 is 5.32 Å². The van der Waals surface area contributed by atoms with E-state index in [-0.39, 0.29) is 0 Å². The maximum absolute atomic E-state index is 3.70. The number of rotatable bonds is 5. The highest BCUT2D eigenvalue weighted by molar-refractivity contribution is 7.98. The van der Waals surface area contributed by atoms with E-state index in [1.165, 1.54) is 17.7 Å². The lowest BCUT2D eigenvalue weighted by Gasteiger charge is -2.43. The molecule has 0 bridgehead atoms. The standard InChI is InChI=1S/C16H26N2S/c1-4-15-11-18(13(2)12-19-3)16(10-17-15)14-8-6-5-7-9-14/h5-9,13,15-17H,4,10-12H2,1-3H3. The SMILES string of the molecule is CCC1CN(C(C)CSC)C(c2ccccc2)CN1. The van der Waals surface area contributed by atoms with Crippen LogP contribution in [0.25, 0.3) is 0 Å². The third kappa shape index (κ3) is 3.74. The molecule has 1 saturated heterocycles. The van der Waals surface area contributed by atoms with Crippen molar-refractivity contribution in [2.75, 3.05) is 25.1 Å². The summed E-state index contributed by atoms with van der Waals surface area (Å²) in [6, 6.07) is 12.7. The zero-order valence-corrected chi connectivity index (χ0v) is 13.1. The number of hydrogen-bond acceptors (Lipinski definition) is 3. The summed E-state index contributed by atoms with van der Waals surface area (Å²) in [7, 11) is 0. The third-order valence-electron chi connectivity index (χ3n) is 4.08. The van der Waals surface area contributed by atoms with Gasteiger partial charge in [0, 0.05) is 37.0 Å². The van der Waals surface area contributed by atoms with Crippen LogP contribution in [0, 0.1) is 0 Å². The number of nitrogens with zero attached hydrogens (tertiary/aromatic N) is 1. The molecule has 1 heterocycles. The van der Waals surface area contributed by atoms with Gasteiger partial charge in [-0.1, -0.05) is 37.3 Å². The van der Waals surface area contributed by atoms with Gasteiger partial charge in [0.25, 0.3) is 0 Å². The van der Waals surface area contributed by atoms with Gasteiger partial charge in [0.2, 0.25) is 0 Å². The molecule has 3 heteroatoms. The Morgan fingerprint density at radius 2 is 2.11 bits per heavy atom. The minimum Gasteiger partial charge on any atom is -0.311 e. The summed E-state index contributed by atoms with van der Waals surface area (Å²) in [5, 5.41) is 3.70. The van der Waals surface area contributed by atoms with Crippen molar-refractivity contribution in [3.05, 3.63) is 35.9 Å². The topological polar surface area (TPSA) is 15.3 Å². The minimum atomic E-state index is 0.520. The van der Waals surface area contributed by atoms with Crippen molar-refractivity contribution in [2.24, 2.45) is 0 Å². The lowest BCUT2D eigenvalue weighted by atomic mass is 9.98. The van der Waals surface area contributed by atoms with Crippen LogP contribution in [0.4, 0.5) is 0 Å². The summed E-state index contributed by atoms with van der Waals surface area (Å²) in [4.78, 5) is 2.69. The number of benzene rings is 1. The summed E-state index contributed by atoms with van der Waals surface area (Å²) < 4.78 is 0. The fraction of sp³-hybridized carbons (Fsp3) is 0.625. The predicted molar refractivity (Wildman–Crippen MR) is 85.8 cm³/mol. The Balaban J connectivity index is 2.15. The summed E-state index contributed by atoms with van der Waals surface area (Å²) in [5.74, 6) is 1.21. The van der Waals surface area contributed by atoms with Crippen LogP contribution in [0.1, 0.15) is 31.9 Å². The summed E-state index contributed by atoms with van der Waals surface area (Å²) >= 11 is 1.95. The van der Waals surface area contributed by atoms with E-state index in [2.05, 4.69) is 60.7 Å². The van der Waals surface area contributed by atoms with E-state index < -0.39 is 0 Å². The van der Waals surface area contributed by atoms with Gasteiger partial charge in [-0.05, 0) is 25.2 Å². The number of thioether (sulfide) groups is 1. The molecule has 1 aliphatic heterocycles. The lowest BCUT2D eigenvalue weighted by molar-refractivity contribution is 0.0973. The molecule has 1 aromatic carbocycles. The number of piperazine rings is 1. The first kappa shape index (κ1) is 14.9. The Labute approximate surface area is 122 Å². The van der Waals surface area contributed by atoms with Gasteiger partial charge >= 0.3 is 0 Å². The van der Waals surface area contributed by atoms with Crippen LogP contribution >= 0.6 is 11.8 Å². The van der Waals surface area contributed by atoms with Crippen molar-refractivity contribution in [3.8, 4) is 0 Å². The van der Waals surface area contributed by atoms with E-state index in [9.17, 15) is 0 Å². The molecule has 3 atom stereocenters. The summed E-state index contributed by atoms with van der Waals surface area (Å²) in [6.45, 7) is 6.88. The van der Waals surface area contributed by atoms with Gasteiger partial charge in [0.05, 0.1) is 0 Å². The van der Waals surface area contributed by atoms with Gasteiger partial charge in [-0.2, -0.15) is 11.8 Å². The van der Waals surface area contributed by atoms with Crippen molar-refractivity contribution in [3.63, 3.8) is 0 Å². The highest BCUT2D eigenvalue weighted by Crippen LogP contribution is 2.27. The molecular weight excluding hydrogens is 252 g/mol. The maximum atomic E-state index is 3.70. The molecule has 0 spiro atoms. The zero-order valence-electron chi connectivity index (χ0n) is 12.3. The second kappa shape index (κ2) is 7.32. The molecule has 2 nitrogen and oxygen atoms in total. The van der Waals surface area contributed by atoms with Crippen molar-refractivity contribution in [1.82, 2.24) is 10.2 Å². The highest BCUT2D eigenvalue weighted by Gasteiger charge is 2.30. The Morgan fingerprint density at radius 3 is 2.74 bits per heavy atom. The lowest BCUT2D eigenvalue weighted by Crippen LogP contribution is -2.55. The molecule has 0 amide bonds. The fourth-order valence-corrected chi connectivity index (χ4v) is 3.60. The van der Waals surface area contributed by atoms with E-state index >= 15 is 0 Å². The minimum absolute atomic E-state index is 0.520. The van der Waals surface area contributed by atoms with E-state index in [1.807, 2.05) is 11.8 Å². The van der Waals surface area contributed by atoms with E-state index in [4.69, 9.17) is 0 Å². The highest BCUT2D eigenvalue weighted by atomic mass is 32.2. The molecule has 1 N–H and O–H groups in total. The van der Waals surface area contributed by atoms with Gasteiger partial charge in [-0.15, -0.1) is 0 Å². The molecule has 1 aliphatic rings. The molecule has 1 fully saturated rings.